The highest BCUT2D eigenvalue weighted by Gasteiger charge is 2.93. The van der Waals surface area contributed by atoms with Crippen molar-refractivity contribution in [2.75, 3.05) is 19.8 Å². The van der Waals surface area contributed by atoms with Crippen molar-refractivity contribution in [3.05, 3.63) is 59.5 Å². The number of ether oxygens (including phenoxy) is 4. The van der Waals surface area contributed by atoms with Crippen molar-refractivity contribution >= 4 is 17.7 Å². The molecule has 10 aliphatic rings. The van der Waals surface area contributed by atoms with Crippen molar-refractivity contribution in [1.29, 1.82) is 0 Å². The Hall–Kier alpha value is -3.09. The molecular formula is C54H72N2O9. The third kappa shape index (κ3) is 6.18. The van der Waals surface area contributed by atoms with Crippen LogP contribution >= 0.6 is 0 Å². The zero-order valence-corrected chi connectivity index (χ0v) is 38.7. The molecule has 3 N–H and O–H groups in total. The molecule has 2 aromatic rings. The summed E-state index contributed by atoms with van der Waals surface area (Å²) < 4.78 is 33.8. The number of aryl methyl sites for hydroxylation is 1. The summed E-state index contributed by atoms with van der Waals surface area (Å²) in [5, 5.41) is 20.8. The number of carbonyl (C=O) groups excluding carboxylic acids is 3. The predicted octanol–water partition coefficient (Wildman–Crippen LogP) is 7.96. The van der Waals surface area contributed by atoms with E-state index in [1.54, 1.807) is 6.26 Å². The molecule has 5 saturated carbocycles. The summed E-state index contributed by atoms with van der Waals surface area (Å²) in [5.74, 6) is 0.692. The molecule has 0 unspecified atom stereocenters. The molecule has 0 radical (unpaired) electrons. The number of furan rings is 1. The van der Waals surface area contributed by atoms with Gasteiger partial charge in [-0.25, -0.2) is 4.79 Å². The van der Waals surface area contributed by atoms with Gasteiger partial charge in [-0.1, -0.05) is 82.2 Å². The SMILES string of the molecule is C[C@@]12CC[C@@H]3[C@@]45COC(=O)C[C@@H]4O[C@](C)(C4CCCCC4)[C@H]5C(=O)[C@@H](O)[C@@]3([C@H]3CCC[C@H](Cc4ccccc4)C3)[C@]13O[C@@H]3C(=O)O[C@H]2c1ccoc1CCC1CCC([C@@H]2CNCN2)CC1. The van der Waals surface area contributed by atoms with E-state index < -0.39 is 63.8 Å². The van der Waals surface area contributed by atoms with Gasteiger partial charge in [0.2, 0.25) is 0 Å². The molecule has 12 rings (SSSR count). The molecule has 11 nitrogen and oxygen atoms in total. The number of aliphatic hydroxyl groups is 1. The van der Waals surface area contributed by atoms with Crippen LogP contribution in [0.15, 0.2) is 47.1 Å². The van der Waals surface area contributed by atoms with Gasteiger partial charge in [0.25, 0.3) is 0 Å². The maximum absolute atomic E-state index is 16.1. The first-order valence-corrected chi connectivity index (χ1v) is 26.0. The van der Waals surface area contributed by atoms with Gasteiger partial charge in [0, 0.05) is 47.5 Å². The zero-order valence-electron chi connectivity index (χ0n) is 38.7. The molecule has 1 aromatic heterocycles. The van der Waals surface area contributed by atoms with E-state index >= 15 is 4.79 Å². The number of cyclic esters (lactones) is 2. The Bertz CT molecular complexity index is 2140. The van der Waals surface area contributed by atoms with Gasteiger partial charge in [0.05, 0.1) is 30.3 Å². The summed E-state index contributed by atoms with van der Waals surface area (Å²) in [5.41, 5.74) is -2.66. The summed E-state index contributed by atoms with van der Waals surface area (Å²) >= 11 is 0. The monoisotopic (exact) mass is 893 g/mol. The maximum atomic E-state index is 16.1. The lowest BCUT2D eigenvalue weighted by molar-refractivity contribution is -0.276. The first-order chi connectivity index (χ1) is 31.5. The molecule has 352 valence electrons. The summed E-state index contributed by atoms with van der Waals surface area (Å²) in [4.78, 5) is 44.4. The van der Waals surface area contributed by atoms with Gasteiger partial charge in [-0.05, 0) is 118 Å². The second-order valence-corrected chi connectivity index (χ2v) is 23.3. The van der Waals surface area contributed by atoms with Crippen LogP contribution in [0.5, 0.6) is 0 Å². The summed E-state index contributed by atoms with van der Waals surface area (Å²) in [6.45, 7) is 6.40. The molecule has 5 saturated heterocycles. The minimum Gasteiger partial charge on any atom is -0.469 e. The van der Waals surface area contributed by atoms with Gasteiger partial charge in [-0.2, -0.15) is 0 Å². The number of ketones is 1. The lowest BCUT2D eigenvalue weighted by atomic mass is 9.32. The highest BCUT2D eigenvalue weighted by atomic mass is 16.7. The number of epoxide rings is 1. The molecule has 6 heterocycles. The molecule has 14 atom stereocenters. The Morgan fingerprint density at radius 3 is 2.42 bits per heavy atom. The largest absolute Gasteiger partial charge is 0.469 e. The van der Waals surface area contributed by atoms with E-state index in [-0.39, 0.29) is 42.5 Å². The minimum atomic E-state index is -1.39. The molecule has 0 amide bonds. The standard InChI is InChI=1S/C54H72N2O9/c1-50-24-22-41-52-30-62-43(57)28-42(52)64-51(2,36-13-7-4-8-14-36)45(52)44(58)46(59)53(41,37-15-9-12-34(27-37)26-33-10-5-3-6-11-33)54(50)48(65-54)49(60)63-47(50)38-23-25-61-40(38)21-18-32-16-19-35(20-17-32)39-29-55-31-56-39/h3,5-6,10-11,23,25,32,34-37,39,41-42,45-48,55-56,59H,4,7-9,12-22,24,26-31H2,1-2H3/t32?,34-,35?,37+,39+,41-,42+,45-,46-,47+,48-,50+,51-,52+,53+,54-/m1/s1. The first-order valence-electron chi connectivity index (χ1n) is 26.0. The number of carbonyl (C=O) groups is 3. The average molecular weight is 893 g/mol. The van der Waals surface area contributed by atoms with Crippen molar-refractivity contribution in [3.63, 3.8) is 0 Å². The van der Waals surface area contributed by atoms with Crippen LogP contribution in [0.4, 0.5) is 0 Å². The van der Waals surface area contributed by atoms with Crippen molar-refractivity contribution in [3.8, 4) is 0 Å². The number of Topliss-reactive ketones (excluding diaryl/α,β-unsaturated/α-hetero) is 1. The molecule has 10 fully saturated rings. The molecule has 65 heavy (non-hydrogen) atoms. The number of aliphatic hydroxyl groups excluding tert-OH is 1. The van der Waals surface area contributed by atoms with E-state index in [0.29, 0.717) is 30.7 Å². The first kappa shape index (κ1) is 43.2. The molecule has 5 aliphatic heterocycles. The third-order valence-electron chi connectivity index (χ3n) is 20.7. The maximum Gasteiger partial charge on any atom is 0.339 e. The minimum absolute atomic E-state index is 0.0850. The van der Waals surface area contributed by atoms with Crippen LogP contribution in [0.3, 0.4) is 0 Å². The van der Waals surface area contributed by atoms with Gasteiger partial charge >= 0.3 is 11.9 Å². The Kier molecular flexibility index (Phi) is 10.6. The molecule has 1 aromatic carbocycles. The van der Waals surface area contributed by atoms with Crippen LogP contribution in [0.1, 0.15) is 146 Å². The van der Waals surface area contributed by atoms with Gasteiger partial charge in [0.15, 0.2) is 11.9 Å². The lowest BCUT2D eigenvalue weighted by Gasteiger charge is -2.70. The number of nitrogens with one attached hydrogen (secondary N) is 2. The van der Waals surface area contributed by atoms with Gasteiger partial charge in [-0.3, -0.25) is 9.59 Å². The highest BCUT2D eigenvalue weighted by Crippen LogP contribution is 2.83. The average Bonchev–Trinajstić information content (AvgIpc) is 3.59. The fraction of sp³-hybridized carbons (Fsp3) is 0.759. The van der Waals surface area contributed by atoms with Crippen LogP contribution in [0.25, 0.3) is 0 Å². The number of rotatable bonds is 9. The summed E-state index contributed by atoms with van der Waals surface area (Å²) in [6.07, 6.45) is 16.1. The smallest absolute Gasteiger partial charge is 0.339 e. The summed E-state index contributed by atoms with van der Waals surface area (Å²) in [6, 6.07) is 13.2. The Labute approximate surface area is 384 Å². The second kappa shape index (κ2) is 16.0. The van der Waals surface area contributed by atoms with Crippen LogP contribution in [-0.2, 0) is 46.2 Å². The van der Waals surface area contributed by atoms with E-state index in [2.05, 4.69) is 54.8 Å². The van der Waals surface area contributed by atoms with Crippen molar-refractivity contribution < 1.29 is 42.9 Å². The van der Waals surface area contributed by atoms with Crippen LogP contribution in [0.2, 0.25) is 0 Å². The van der Waals surface area contributed by atoms with Crippen molar-refractivity contribution in [2.24, 2.45) is 57.7 Å². The van der Waals surface area contributed by atoms with E-state index in [0.717, 1.165) is 108 Å². The van der Waals surface area contributed by atoms with E-state index in [9.17, 15) is 14.7 Å². The normalized spacial score (nSPS) is 47.1. The van der Waals surface area contributed by atoms with Crippen LogP contribution < -0.4 is 10.6 Å². The van der Waals surface area contributed by atoms with Crippen LogP contribution in [0, 0.1) is 57.7 Å². The number of fused-ring (bicyclic) bond motifs is 1. The van der Waals surface area contributed by atoms with E-state index in [1.165, 1.54) is 31.2 Å². The van der Waals surface area contributed by atoms with Gasteiger partial charge < -0.3 is 39.1 Å². The third-order valence-corrected chi connectivity index (χ3v) is 20.7. The molecular weight excluding hydrogens is 821 g/mol. The Morgan fingerprint density at radius 1 is 0.831 bits per heavy atom. The van der Waals surface area contributed by atoms with E-state index in [1.807, 2.05) is 6.07 Å². The Balaban J connectivity index is 0.942. The quantitative estimate of drug-likeness (QED) is 0.166. The second-order valence-electron chi connectivity index (χ2n) is 23.3. The number of hydrogen-bond acceptors (Lipinski definition) is 11. The molecule has 0 bridgehead atoms. The Morgan fingerprint density at radius 2 is 1.63 bits per heavy atom. The van der Waals surface area contributed by atoms with Crippen molar-refractivity contribution in [2.45, 2.75) is 178 Å². The number of hydrogen-bond donors (Lipinski definition) is 3. The highest BCUT2D eigenvalue weighted by molar-refractivity contribution is 5.92. The van der Waals surface area contributed by atoms with Crippen LogP contribution in [-0.4, -0.2) is 78.2 Å². The van der Waals surface area contributed by atoms with Gasteiger partial charge in [-0.15, -0.1) is 0 Å². The summed E-state index contributed by atoms with van der Waals surface area (Å²) in [7, 11) is 0. The lowest BCUT2D eigenvalue weighted by Crippen LogP contribution is -2.79. The fourth-order valence-corrected chi connectivity index (χ4v) is 17.9. The van der Waals surface area contributed by atoms with Crippen molar-refractivity contribution in [1.82, 2.24) is 10.6 Å². The van der Waals surface area contributed by atoms with Gasteiger partial charge in [0.1, 0.15) is 30.2 Å². The zero-order chi connectivity index (χ0) is 44.3. The van der Waals surface area contributed by atoms with E-state index in [4.69, 9.17) is 23.4 Å². The number of benzene rings is 1. The topological polar surface area (TPSA) is 149 Å². The fourth-order valence-electron chi connectivity index (χ4n) is 17.9. The predicted molar refractivity (Wildman–Crippen MR) is 240 cm³/mol. The number of esters is 2. The molecule has 2 spiro atoms. The molecule has 11 heteroatoms. The molecule has 5 aliphatic carbocycles.